The van der Waals surface area contributed by atoms with E-state index in [-0.39, 0.29) is 11.5 Å². The van der Waals surface area contributed by atoms with Gasteiger partial charge >= 0.3 is 0 Å². The van der Waals surface area contributed by atoms with Crippen LogP contribution in [0.1, 0.15) is 32.7 Å². The summed E-state index contributed by atoms with van der Waals surface area (Å²) in [6.07, 6.45) is 0. The van der Waals surface area contributed by atoms with Crippen molar-refractivity contribution in [2.45, 2.75) is 20.8 Å². The molecule has 0 amide bonds. The number of fused-ring (bicyclic) bond motifs is 1. The van der Waals surface area contributed by atoms with E-state index in [2.05, 4.69) is 36.6 Å². The molecular formula is C24H21NO2. The second-order valence-corrected chi connectivity index (χ2v) is 6.98. The van der Waals surface area contributed by atoms with Crippen molar-refractivity contribution < 1.29 is 9.90 Å². The third-order valence-electron chi connectivity index (χ3n) is 5.04. The first-order chi connectivity index (χ1) is 13.0. The van der Waals surface area contributed by atoms with Crippen LogP contribution in [0.15, 0.2) is 66.7 Å². The van der Waals surface area contributed by atoms with Crippen LogP contribution in [0.2, 0.25) is 0 Å². The average Bonchev–Trinajstić information content (AvgIpc) is 2.93. The SMILES string of the molecule is Cc1ccc(-n2c(C)c(C(=O)c3ccccc3)c3cc(O)ccc32)c(C)c1. The summed E-state index contributed by atoms with van der Waals surface area (Å²) < 4.78 is 2.11. The first-order valence-electron chi connectivity index (χ1n) is 8.99. The Bertz CT molecular complexity index is 1170. The molecule has 0 aliphatic heterocycles. The van der Waals surface area contributed by atoms with Crippen LogP contribution in [0.5, 0.6) is 5.75 Å². The average molecular weight is 355 g/mol. The van der Waals surface area contributed by atoms with E-state index in [1.807, 2.05) is 43.3 Å². The predicted molar refractivity (Wildman–Crippen MR) is 109 cm³/mol. The van der Waals surface area contributed by atoms with Gasteiger partial charge in [0.05, 0.1) is 11.1 Å². The van der Waals surface area contributed by atoms with Gasteiger partial charge in [0.2, 0.25) is 0 Å². The minimum atomic E-state index is -0.0350. The highest BCUT2D eigenvalue weighted by Crippen LogP contribution is 2.34. The number of rotatable bonds is 3. The number of aromatic nitrogens is 1. The molecule has 27 heavy (non-hydrogen) atoms. The van der Waals surface area contributed by atoms with Crippen LogP contribution in [0.4, 0.5) is 0 Å². The lowest BCUT2D eigenvalue weighted by atomic mass is 10.0. The van der Waals surface area contributed by atoms with E-state index >= 15 is 0 Å². The summed E-state index contributed by atoms with van der Waals surface area (Å²) in [4.78, 5) is 13.3. The van der Waals surface area contributed by atoms with Gasteiger partial charge in [0.15, 0.2) is 5.78 Å². The lowest BCUT2D eigenvalue weighted by molar-refractivity contribution is 0.103. The van der Waals surface area contributed by atoms with Crippen LogP contribution >= 0.6 is 0 Å². The maximum atomic E-state index is 13.3. The zero-order chi connectivity index (χ0) is 19.1. The molecule has 0 radical (unpaired) electrons. The second-order valence-electron chi connectivity index (χ2n) is 6.98. The molecule has 0 unspecified atom stereocenters. The van der Waals surface area contributed by atoms with E-state index < -0.39 is 0 Å². The van der Waals surface area contributed by atoms with E-state index in [0.29, 0.717) is 11.1 Å². The molecule has 0 aliphatic carbocycles. The van der Waals surface area contributed by atoms with Gasteiger partial charge in [-0.2, -0.15) is 0 Å². The molecule has 0 saturated carbocycles. The van der Waals surface area contributed by atoms with Gasteiger partial charge in [0.25, 0.3) is 0 Å². The first kappa shape index (κ1) is 17.1. The molecule has 1 aromatic heterocycles. The molecule has 3 nitrogen and oxygen atoms in total. The van der Waals surface area contributed by atoms with Crippen molar-refractivity contribution in [2.24, 2.45) is 0 Å². The fourth-order valence-electron chi connectivity index (χ4n) is 3.79. The molecule has 4 aromatic rings. The third kappa shape index (κ3) is 2.81. The van der Waals surface area contributed by atoms with Crippen molar-refractivity contribution in [1.82, 2.24) is 4.57 Å². The molecule has 134 valence electrons. The lowest BCUT2D eigenvalue weighted by Gasteiger charge is -2.13. The smallest absolute Gasteiger partial charge is 0.195 e. The number of benzene rings is 3. The minimum Gasteiger partial charge on any atom is -0.508 e. The predicted octanol–water partition coefficient (Wildman–Crippen LogP) is 5.49. The molecule has 4 rings (SSSR count). The fourth-order valence-corrected chi connectivity index (χ4v) is 3.79. The fraction of sp³-hybridized carbons (Fsp3) is 0.125. The number of nitrogens with zero attached hydrogens (tertiary/aromatic N) is 1. The van der Waals surface area contributed by atoms with Gasteiger partial charge in [0.1, 0.15) is 5.75 Å². The molecule has 0 spiro atoms. The van der Waals surface area contributed by atoms with Gasteiger partial charge < -0.3 is 9.67 Å². The van der Waals surface area contributed by atoms with Crippen molar-refractivity contribution in [3.05, 3.63) is 94.7 Å². The molecule has 1 heterocycles. The van der Waals surface area contributed by atoms with Crippen molar-refractivity contribution in [3.8, 4) is 11.4 Å². The quantitative estimate of drug-likeness (QED) is 0.494. The third-order valence-corrected chi connectivity index (χ3v) is 5.04. The Hall–Kier alpha value is -3.33. The summed E-state index contributed by atoms with van der Waals surface area (Å²) >= 11 is 0. The van der Waals surface area contributed by atoms with Crippen LogP contribution in [0.3, 0.4) is 0 Å². The van der Waals surface area contributed by atoms with Crippen molar-refractivity contribution in [3.63, 3.8) is 0 Å². The molecular weight excluding hydrogens is 334 g/mol. The van der Waals surface area contributed by atoms with Crippen LogP contribution in [-0.2, 0) is 0 Å². The van der Waals surface area contributed by atoms with Crippen molar-refractivity contribution in [1.29, 1.82) is 0 Å². The number of hydrogen-bond donors (Lipinski definition) is 1. The zero-order valence-electron chi connectivity index (χ0n) is 15.7. The number of carbonyl (C=O) groups is 1. The Morgan fingerprint density at radius 3 is 2.33 bits per heavy atom. The maximum Gasteiger partial charge on any atom is 0.195 e. The lowest BCUT2D eigenvalue weighted by Crippen LogP contribution is -2.05. The highest BCUT2D eigenvalue weighted by Gasteiger charge is 2.22. The largest absolute Gasteiger partial charge is 0.508 e. The molecule has 0 fully saturated rings. The molecule has 3 heteroatoms. The van der Waals surface area contributed by atoms with Crippen molar-refractivity contribution in [2.75, 3.05) is 0 Å². The van der Waals surface area contributed by atoms with Gasteiger partial charge in [-0.25, -0.2) is 0 Å². The van der Waals surface area contributed by atoms with E-state index in [0.717, 1.165) is 27.8 Å². The number of ketones is 1. The van der Waals surface area contributed by atoms with Gasteiger partial charge in [0, 0.05) is 22.3 Å². The number of aromatic hydroxyl groups is 1. The molecule has 1 N–H and O–H groups in total. The highest BCUT2D eigenvalue weighted by molar-refractivity contribution is 6.18. The summed E-state index contributed by atoms with van der Waals surface area (Å²) in [5.74, 6) is 0.120. The summed E-state index contributed by atoms with van der Waals surface area (Å²) in [6, 6.07) is 20.8. The normalized spacial score (nSPS) is 11.1. The van der Waals surface area contributed by atoms with Gasteiger partial charge in [-0.05, 0) is 50.6 Å². The molecule has 3 aromatic carbocycles. The summed E-state index contributed by atoms with van der Waals surface area (Å²) in [5.41, 5.74) is 6.44. The number of hydrogen-bond acceptors (Lipinski definition) is 2. The van der Waals surface area contributed by atoms with Crippen LogP contribution < -0.4 is 0 Å². The van der Waals surface area contributed by atoms with E-state index in [1.165, 1.54) is 5.56 Å². The highest BCUT2D eigenvalue weighted by atomic mass is 16.3. The number of aryl methyl sites for hydroxylation is 2. The topological polar surface area (TPSA) is 42.2 Å². The summed E-state index contributed by atoms with van der Waals surface area (Å²) in [6.45, 7) is 6.11. The van der Waals surface area contributed by atoms with Crippen LogP contribution in [0, 0.1) is 20.8 Å². The van der Waals surface area contributed by atoms with E-state index in [4.69, 9.17) is 0 Å². The zero-order valence-corrected chi connectivity index (χ0v) is 15.7. The monoisotopic (exact) mass is 355 g/mol. The maximum absolute atomic E-state index is 13.3. The van der Waals surface area contributed by atoms with E-state index in [9.17, 15) is 9.90 Å². The van der Waals surface area contributed by atoms with Crippen LogP contribution in [-0.4, -0.2) is 15.5 Å². The number of phenolic OH excluding ortho intramolecular Hbond substituents is 1. The van der Waals surface area contributed by atoms with Crippen LogP contribution in [0.25, 0.3) is 16.6 Å². The Kier molecular flexibility index (Phi) is 4.08. The van der Waals surface area contributed by atoms with Gasteiger partial charge in [-0.15, -0.1) is 0 Å². The standard InChI is InChI=1S/C24H21NO2/c1-15-9-11-21(16(2)13-15)25-17(3)23(20-14-19(26)10-12-22(20)25)24(27)18-7-5-4-6-8-18/h4-14,26H,1-3H3. The Labute approximate surface area is 158 Å². The number of phenols is 1. The molecule has 0 saturated heterocycles. The Morgan fingerprint density at radius 2 is 1.63 bits per heavy atom. The Balaban J connectivity index is 2.05. The first-order valence-corrected chi connectivity index (χ1v) is 8.99. The summed E-state index contributed by atoms with van der Waals surface area (Å²) in [5, 5.41) is 10.8. The Morgan fingerprint density at radius 1 is 0.889 bits per heavy atom. The van der Waals surface area contributed by atoms with Crippen molar-refractivity contribution >= 4 is 16.7 Å². The summed E-state index contributed by atoms with van der Waals surface area (Å²) in [7, 11) is 0. The molecule has 0 aliphatic rings. The molecule has 0 atom stereocenters. The second kappa shape index (κ2) is 6.44. The minimum absolute atomic E-state index is 0.0350. The van der Waals surface area contributed by atoms with Gasteiger partial charge in [-0.3, -0.25) is 4.79 Å². The van der Waals surface area contributed by atoms with E-state index in [1.54, 1.807) is 12.1 Å². The molecule has 0 bridgehead atoms. The number of carbonyl (C=O) groups excluding carboxylic acids is 1. The van der Waals surface area contributed by atoms with Gasteiger partial charge in [-0.1, -0.05) is 48.0 Å².